The predicted octanol–water partition coefficient (Wildman–Crippen LogP) is 2.60. The van der Waals surface area contributed by atoms with Gasteiger partial charge in [0.05, 0.1) is 0 Å². The van der Waals surface area contributed by atoms with Crippen molar-refractivity contribution in [1.82, 2.24) is 9.88 Å². The SMILES string of the molecule is Cc1ccc(C)n1CCNC(=O)c1cccc(N(C)C)c1. The number of rotatable bonds is 5. The van der Waals surface area contributed by atoms with Crippen molar-refractivity contribution in [3.63, 3.8) is 0 Å². The van der Waals surface area contributed by atoms with Crippen LogP contribution in [0, 0.1) is 13.8 Å². The Balaban J connectivity index is 1.95. The molecule has 0 radical (unpaired) electrons. The lowest BCUT2D eigenvalue weighted by molar-refractivity contribution is 0.0952. The van der Waals surface area contributed by atoms with E-state index in [1.807, 2.05) is 43.3 Å². The van der Waals surface area contributed by atoms with Crippen LogP contribution in [0.15, 0.2) is 36.4 Å². The molecule has 1 amide bonds. The highest BCUT2D eigenvalue weighted by atomic mass is 16.1. The van der Waals surface area contributed by atoms with Gasteiger partial charge in [-0.3, -0.25) is 4.79 Å². The Hall–Kier alpha value is -2.23. The van der Waals surface area contributed by atoms with Crippen LogP contribution in [0.4, 0.5) is 5.69 Å². The van der Waals surface area contributed by atoms with Crippen molar-refractivity contribution in [2.75, 3.05) is 25.5 Å². The van der Waals surface area contributed by atoms with Gasteiger partial charge in [0, 0.05) is 49.8 Å². The Kier molecular flexibility index (Phi) is 4.68. The maximum Gasteiger partial charge on any atom is 0.251 e. The molecule has 1 aromatic carbocycles. The maximum absolute atomic E-state index is 12.2. The van der Waals surface area contributed by atoms with Gasteiger partial charge in [-0.1, -0.05) is 6.07 Å². The molecule has 21 heavy (non-hydrogen) atoms. The van der Waals surface area contributed by atoms with Gasteiger partial charge in [0.25, 0.3) is 5.91 Å². The van der Waals surface area contributed by atoms with Crippen molar-refractivity contribution in [3.8, 4) is 0 Å². The number of nitrogens with zero attached hydrogens (tertiary/aromatic N) is 2. The monoisotopic (exact) mass is 285 g/mol. The molecule has 0 aliphatic rings. The quantitative estimate of drug-likeness (QED) is 0.917. The van der Waals surface area contributed by atoms with Crippen LogP contribution in [0.3, 0.4) is 0 Å². The zero-order valence-corrected chi connectivity index (χ0v) is 13.2. The number of hydrogen-bond acceptors (Lipinski definition) is 2. The fourth-order valence-electron chi connectivity index (χ4n) is 2.36. The summed E-state index contributed by atoms with van der Waals surface area (Å²) in [6, 6.07) is 11.8. The standard InChI is InChI=1S/C17H23N3O/c1-13-8-9-14(2)20(13)11-10-18-17(21)15-6-5-7-16(12-15)19(3)4/h5-9,12H,10-11H2,1-4H3,(H,18,21). The lowest BCUT2D eigenvalue weighted by Gasteiger charge is -2.14. The van der Waals surface area contributed by atoms with E-state index in [1.165, 1.54) is 11.4 Å². The van der Waals surface area contributed by atoms with E-state index < -0.39 is 0 Å². The molecular weight excluding hydrogens is 262 g/mol. The van der Waals surface area contributed by atoms with Crippen molar-refractivity contribution in [1.29, 1.82) is 0 Å². The molecule has 1 aromatic heterocycles. The molecule has 0 fully saturated rings. The number of carbonyl (C=O) groups excluding carboxylic acids is 1. The fraction of sp³-hybridized carbons (Fsp3) is 0.353. The van der Waals surface area contributed by atoms with Crippen molar-refractivity contribution < 1.29 is 4.79 Å². The first-order valence-electron chi connectivity index (χ1n) is 7.17. The average molecular weight is 285 g/mol. The van der Waals surface area contributed by atoms with Crippen molar-refractivity contribution in [2.45, 2.75) is 20.4 Å². The first kappa shape index (κ1) is 15.2. The zero-order valence-electron chi connectivity index (χ0n) is 13.2. The molecular formula is C17H23N3O. The molecule has 0 unspecified atom stereocenters. The van der Waals surface area contributed by atoms with Gasteiger partial charge < -0.3 is 14.8 Å². The highest BCUT2D eigenvalue weighted by Gasteiger charge is 2.07. The molecule has 0 bridgehead atoms. The molecule has 0 saturated heterocycles. The summed E-state index contributed by atoms with van der Waals surface area (Å²) in [5.41, 5.74) is 4.16. The smallest absolute Gasteiger partial charge is 0.251 e. The summed E-state index contributed by atoms with van der Waals surface area (Å²) in [7, 11) is 3.93. The second-order valence-corrected chi connectivity index (χ2v) is 5.47. The summed E-state index contributed by atoms with van der Waals surface area (Å²) < 4.78 is 2.20. The molecule has 1 N–H and O–H groups in total. The molecule has 4 heteroatoms. The minimum Gasteiger partial charge on any atom is -0.378 e. The van der Waals surface area contributed by atoms with E-state index in [-0.39, 0.29) is 5.91 Å². The van der Waals surface area contributed by atoms with E-state index in [9.17, 15) is 4.79 Å². The highest BCUT2D eigenvalue weighted by Crippen LogP contribution is 2.13. The first-order chi connectivity index (χ1) is 9.99. The number of nitrogens with one attached hydrogen (secondary N) is 1. The lowest BCUT2D eigenvalue weighted by Crippen LogP contribution is -2.27. The van der Waals surface area contributed by atoms with Gasteiger partial charge in [-0.15, -0.1) is 0 Å². The lowest BCUT2D eigenvalue weighted by atomic mass is 10.2. The average Bonchev–Trinajstić information content (AvgIpc) is 2.79. The number of carbonyl (C=O) groups is 1. The highest BCUT2D eigenvalue weighted by molar-refractivity contribution is 5.95. The molecule has 0 saturated carbocycles. The van der Waals surface area contributed by atoms with Crippen LogP contribution in [0.25, 0.3) is 0 Å². The molecule has 0 aliphatic carbocycles. The minimum absolute atomic E-state index is 0.0267. The molecule has 0 spiro atoms. The Labute approximate surface area is 126 Å². The Morgan fingerprint density at radius 2 is 1.81 bits per heavy atom. The van der Waals surface area contributed by atoms with E-state index in [2.05, 4.69) is 35.9 Å². The number of anilines is 1. The van der Waals surface area contributed by atoms with Gasteiger partial charge in [-0.25, -0.2) is 0 Å². The maximum atomic E-state index is 12.2. The van der Waals surface area contributed by atoms with Gasteiger partial charge >= 0.3 is 0 Å². The van der Waals surface area contributed by atoms with Gasteiger partial charge in [0.15, 0.2) is 0 Å². The Bertz CT molecular complexity index is 609. The molecule has 4 nitrogen and oxygen atoms in total. The summed E-state index contributed by atoms with van der Waals surface area (Å²) in [6.07, 6.45) is 0. The summed E-state index contributed by atoms with van der Waals surface area (Å²) in [6.45, 7) is 5.58. The first-order valence-corrected chi connectivity index (χ1v) is 7.17. The van der Waals surface area contributed by atoms with Crippen molar-refractivity contribution >= 4 is 11.6 Å². The van der Waals surface area contributed by atoms with Crippen LogP contribution in [0.5, 0.6) is 0 Å². The third-order valence-electron chi connectivity index (χ3n) is 3.66. The molecule has 112 valence electrons. The normalized spacial score (nSPS) is 10.5. The number of aromatic nitrogens is 1. The van der Waals surface area contributed by atoms with E-state index in [4.69, 9.17) is 0 Å². The molecule has 2 aromatic rings. The topological polar surface area (TPSA) is 37.3 Å². The van der Waals surface area contributed by atoms with Gasteiger partial charge in [0.2, 0.25) is 0 Å². The largest absolute Gasteiger partial charge is 0.378 e. The zero-order chi connectivity index (χ0) is 15.4. The Morgan fingerprint density at radius 3 is 2.43 bits per heavy atom. The second kappa shape index (κ2) is 6.48. The van der Waals surface area contributed by atoms with E-state index in [1.54, 1.807) is 0 Å². The third-order valence-corrected chi connectivity index (χ3v) is 3.66. The molecule has 1 heterocycles. The van der Waals surface area contributed by atoms with Crippen molar-refractivity contribution in [3.05, 3.63) is 53.3 Å². The van der Waals surface area contributed by atoms with Gasteiger partial charge in [-0.05, 0) is 44.2 Å². The van der Waals surface area contributed by atoms with Gasteiger partial charge in [-0.2, -0.15) is 0 Å². The summed E-state index contributed by atoms with van der Waals surface area (Å²) in [5, 5.41) is 2.98. The van der Waals surface area contributed by atoms with Crippen molar-refractivity contribution in [2.24, 2.45) is 0 Å². The van der Waals surface area contributed by atoms with E-state index >= 15 is 0 Å². The van der Waals surface area contributed by atoms with Crippen LogP contribution in [-0.2, 0) is 6.54 Å². The number of amides is 1. The van der Waals surface area contributed by atoms with Crippen LogP contribution >= 0.6 is 0 Å². The summed E-state index contributed by atoms with van der Waals surface area (Å²) in [4.78, 5) is 14.2. The fourth-order valence-corrected chi connectivity index (χ4v) is 2.36. The van der Waals surface area contributed by atoms with Crippen LogP contribution in [-0.4, -0.2) is 31.1 Å². The Morgan fingerprint density at radius 1 is 1.14 bits per heavy atom. The van der Waals surface area contributed by atoms with Crippen LogP contribution < -0.4 is 10.2 Å². The predicted molar refractivity (Wildman–Crippen MR) is 87.0 cm³/mol. The molecule has 0 aliphatic heterocycles. The van der Waals surface area contributed by atoms with E-state index in [0.29, 0.717) is 12.1 Å². The number of aryl methyl sites for hydroxylation is 2. The summed E-state index contributed by atoms with van der Waals surface area (Å²) in [5.74, 6) is -0.0267. The van der Waals surface area contributed by atoms with Crippen LogP contribution in [0.1, 0.15) is 21.7 Å². The molecule has 0 atom stereocenters. The third kappa shape index (κ3) is 3.66. The number of hydrogen-bond donors (Lipinski definition) is 1. The van der Waals surface area contributed by atoms with E-state index in [0.717, 1.165) is 12.2 Å². The second-order valence-electron chi connectivity index (χ2n) is 5.47. The molecule has 2 rings (SSSR count). The van der Waals surface area contributed by atoms with Crippen LogP contribution in [0.2, 0.25) is 0 Å². The minimum atomic E-state index is -0.0267. The summed E-state index contributed by atoms with van der Waals surface area (Å²) >= 11 is 0. The number of benzene rings is 1. The van der Waals surface area contributed by atoms with Gasteiger partial charge in [0.1, 0.15) is 0 Å².